The number of hydrogen-bond acceptors (Lipinski definition) is 4. The van der Waals surface area contributed by atoms with Gasteiger partial charge in [0.2, 0.25) is 10.0 Å². The van der Waals surface area contributed by atoms with E-state index >= 15 is 0 Å². The van der Waals surface area contributed by atoms with E-state index in [-0.39, 0.29) is 10.5 Å². The van der Waals surface area contributed by atoms with Gasteiger partial charge in [-0.2, -0.15) is 9.98 Å². The van der Waals surface area contributed by atoms with Crippen molar-refractivity contribution in [2.75, 3.05) is 0 Å². The number of sulfonamides is 1. The van der Waals surface area contributed by atoms with Crippen molar-refractivity contribution in [3.8, 4) is 6.07 Å². The highest BCUT2D eigenvalue weighted by atomic mass is 32.2. The van der Waals surface area contributed by atoms with Crippen LogP contribution in [0.15, 0.2) is 64.1 Å². The molecule has 1 atom stereocenters. The van der Waals surface area contributed by atoms with Crippen LogP contribution in [0.3, 0.4) is 0 Å². The highest BCUT2D eigenvalue weighted by Crippen LogP contribution is 2.23. The summed E-state index contributed by atoms with van der Waals surface area (Å²) in [6.45, 7) is 5.44. The smallest absolute Gasteiger partial charge is 0.241 e. The summed E-state index contributed by atoms with van der Waals surface area (Å²) in [7, 11) is -3.78. The molecule has 5 nitrogen and oxygen atoms in total. The van der Waals surface area contributed by atoms with E-state index in [1.165, 1.54) is 18.4 Å². The lowest BCUT2D eigenvalue weighted by molar-refractivity contribution is 0.472. The van der Waals surface area contributed by atoms with Crippen LogP contribution >= 0.6 is 0 Å². The summed E-state index contributed by atoms with van der Waals surface area (Å²) in [5.41, 5.74) is 1.01. The molecule has 1 heterocycles. The van der Waals surface area contributed by atoms with Crippen LogP contribution in [0.4, 0.5) is 0 Å². The molecule has 0 aliphatic heterocycles. The van der Waals surface area contributed by atoms with E-state index in [1.807, 2.05) is 13.0 Å². The molecule has 6 heteroatoms. The van der Waals surface area contributed by atoms with Gasteiger partial charge in [-0.05, 0) is 31.2 Å². The minimum absolute atomic E-state index is 0.0561. The second kappa shape index (κ2) is 5.95. The van der Waals surface area contributed by atoms with Crippen molar-refractivity contribution in [1.29, 1.82) is 5.26 Å². The third-order valence-corrected chi connectivity index (χ3v) is 4.36. The molecule has 108 valence electrons. The van der Waals surface area contributed by atoms with Gasteiger partial charge in [0, 0.05) is 5.57 Å². The third kappa shape index (κ3) is 3.40. The maximum Gasteiger partial charge on any atom is 0.241 e. The first-order chi connectivity index (χ1) is 9.94. The highest BCUT2D eigenvalue weighted by Gasteiger charge is 2.25. The molecule has 0 saturated heterocycles. The zero-order valence-corrected chi connectivity index (χ0v) is 12.2. The Bertz CT molecular complexity index is 769. The Labute approximate surface area is 123 Å². The highest BCUT2D eigenvalue weighted by molar-refractivity contribution is 7.89. The Morgan fingerprint density at radius 1 is 1.33 bits per heavy atom. The summed E-state index contributed by atoms with van der Waals surface area (Å²) in [6.07, 6.45) is 1.41. The van der Waals surface area contributed by atoms with Gasteiger partial charge in [-0.25, -0.2) is 8.42 Å². The minimum atomic E-state index is -3.78. The number of benzene rings is 1. The van der Waals surface area contributed by atoms with Gasteiger partial charge in [0.1, 0.15) is 11.8 Å². The van der Waals surface area contributed by atoms with Crippen molar-refractivity contribution >= 4 is 10.0 Å². The monoisotopic (exact) mass is 302 g/mol. The standard InChI is InChI=1S/C15H14N2O3S/c1-11-5-7-13(8-6-11)21(18,19)17-15(12(2)10-16)14-4-3-9-20-14/h3-9,15,17H,2H2,1H3/t15-/m1/s1. The van der Waals surface area contributed by atoms with E-state index in [1.54, 1.807) is 24.3 Å². The van der Waals surface area contributed by atoms with Crippen LogP contribution in [0.1, 0.15) is 17.4 Å². The molecule has 1 aromatic heterocycles. The molecule has 0 amide bonds. The molecular formula is C15H14N2O3S. The predicted molar refractivity (Wildman–Crippen MR) is 77.7 cm³/mol. The Hall–Kier alpha value is -2.36. The summed E-state index contributed by atoms with van der Waals surface area (Å²) in [6, 6.07) is 10.6. The topological polar surface area (TPSA) is 83.1 Å². The number of aryl methyl sites for hydroxylation is 1. The predicted octanol–water partition coefficient (Wildman–Crippen LogP) is 2.69. The lowest BCUT2D eigenvalue weighted by Crippen LogP contribution is -2.29. The normalized spacial score (nSPS) is 12.6. The Morgan fingerprint density at radius 2 is 2.00 bits per heavy atom. The van der Waals surface area contributed by atoms with Crippen LogP contribution in [-0.4, -0.2) is 8.42 Å². The number of nitriles is 1. The van der Waals surface area contributed by atoms with Crippen LogP contribution in [0.5, 0.6) is 0 Å². The fraction of sp³-hybridized carbons (Fsp3) is 0.133. The first-order valence-corrected chi connectivity index (χ1v) is 7.63. The quantitative estimate of drug-likeness (QED) is 0.861. The van der Waals surface area contributed by atoms with Crippen molar-refractivity contribution in [2.45, 2.75) is 17.9 Å². The first kappa shape index (κ1) is 15.0. The van der Waals surface area contributed by atoms with E-state index in [2.05, 4.69) is 11.3 Å². The van der Waals surface area contributed by atoms with Gasteiger partial charge < -0.3 is 4.42 Å². The molecule has 0 radical (unpaired) electrons. The van der Waals surface area contributed by atoms with Gasteiger partial charge in [0.15, 0.2) is 0 Å². The van der Waals surface area contributed by atoms with Crippen LogP contribution in [0.2, 0.25) is 0 Å². The maximum absolute atomic E-state index is 12.4. The zero-order chi connectivity index (χ0) is 15.5. The zero-order valence-electron chi connectivity index (χ0n) is 11.4. The van der Waals surface area contributed by atoms with E-state index in [4.69, 9.17) is 9.68 Å². The van der Waals surface area contributed by atoms with Crippen molar-refractivity contribution in [3.63, 3.8) is 0 Å². The average Bonchev–Trinajstić information content (AvgIpc) is 2.98. The summed E-state index contributed by atoms with van der Waals surface area (Å²) < 4.78 is 32.4. The van der Waals surface area contributed by atoms with E-state index in [0.29, 0.717) is 5.76 Å². The van der Waals surface area contributed by atoms with Crippen LogP contribution in [0, 0.1) is 18.3 Å². The Balaban J connectivity index is 2.34. The number of furan rings is 1. The number of nitrogens with one attached hydrogen (secondary N) is 1. The summed E-state index contributed by atoms with van der Waals surface area (Å²) >= 11 is 0. The average molecular weight is 302 g/mol. The molecule has 1 N–H and O–H groups in total. The van der Waals surface area contributed by atoms with Crippen molar-refractivity contribution in [3.05, 3.63) is 66.1 Å². The van der Waals surface area contributed by atoms with E-state index < -0.39 is 16.1 Å². The molecule has 0 aliphatic rings. The largest absolute Gasteiger partial charge is 0.467 e. The second-order valence-electron chi connectivity index (χ2n) is 4.52. The molecule has 0 saturated carbocycles. The van der Waals surface area contributed by atoms with Crippen molar-refractivity contribution < 1.29 is 12.8 Å². The van der Waals surface area contributed by atoms with Gasteiger partial charge in [-0.1, -0.05) is 24.3 Å². The van der Waals surface area contributed by atoms with Crippen LogP contribution in [-0.2, 0) is 10.0 Å². The van der Waals surface area contributed by atoms with Gasteiger partial charge in [0.25, 0.3) is 0 Å². The molecule has 1 aromatic carbocycles. The van der Waals surface area contributed by atoms with Crippen LogP contribution in [0.25, 0.3) is 0 Å². The fourth-order valence-corrected chi connectivity index (χ4v) is 2.96. The summed E-state index contributed by atoms with van der Waals surface area (Å²) in [5.74, 6) is 0.317. The van der Waals surface area contributed by atoms with E-state index in [9.17, 15) is 8.42 Å². The fourth-order valence-electron chi connectivity index (χ4n) is 1.76. The summed E-state index contributed by atoms with van der Waals surface area (Å²) in [5, 5.41) is 8.98. The number of rotatable bonds is 5. The first-order valence-electron chi connectivity index (χ1n) is 6.15. The second-order valence-corrected chi connectivity index (χ2v) is 6.23. The lowest BCUT2D eigenvalue weighted by Gasteiger charge is -2.15. The van der Waals surface area contributed by atoms with Crippen LogP contribution < -0.4 is 4.72 Å². The SMILES string of the molecule is C=C(C#N)[C@@H](NS(=O)(=O)c1ccc(C)cc1)c1ccco1. The molecule has 0 fully saturated rings. The third-order valence-electron chi connectivity index (χ3n) is 2.92. The van der Waals surface area contributed by atoms with Gasteiger partial charge in [-0.3, -0.25) is 0 Å². The van der Waals surface area contributed by atoms with Crippen molar-refractivity contribution in [1.82, 2.24) is 4.72 Å². The molecular weight excluding hydrogens is 288 g/mol. The Morgan fingerprint density at radius 3 is 2.52 bits per heavy atom. The molecule has 2 aromatic rings. The minimum Gasteiger partial charge on any atom is -0.467 e. The molecule has 0 bridgehead atoms. The molecule has 0 aliphatic carbocycles. The number of nitrogens with zero attached hydrogens (tertiary/aromatic N) is 1. The van der Waals surface area contributed by atoms with Crippen molar-refractivity contribution in [2.24, 2.45) is 0 Å². The van der Waals surface area contributed by atoms with Gasteiger partial charge >= 0.3 is 0 Å². The Kier molecular flexibility index (Phi) is 4.26. The maximum atomic E-state index is 12.4. The molecule has 0 unspecified atom stereocenters. The molecule has 0 spiro atoms. The van der Waals surface area contributed by atoms with E-state index in [0.717, 1.165) is 5.56 Å². The van der Waals surface area contributed by atoms with Gasteiger partial charge in [0.05, 0.1) is 17.2 Å². The molecule has 21 heavy (non-hydrogen) atoms. The molecule has 2 rings (SSSR count). The summed E-state index contributed by atoms with van der Waals surface area (Å²) in [4.78, 5) is 0.121. The number of hydrogen-bond donors (Lipinski definition) is 1. The van der Waals surface area contributed by atoms with Gasteiger partial charge in [-0.15, -0.1) is 0 Å². The lowest BCUT2D eigenvalue weighted by atomic mass is 10.1.